The molecular weight excluding hydrogens is 250 g/mol. The smallest absolute Gasteiger partial charge is 0.241 e. The van der Waals surface area contributed by atoms with Crippen LogP contribution in [0.2, 0.25) is 0 Å². The summed E-state index contributed by atoms with van der Waals surface area (Å²) in [5, 5.41) is 3.00. The molecule has 4 heteroatoms. The second-order valence-corrected chi connectivity index (χ2v) is 5.78. The first-order valence-electron chi connectivity index (χ1n) is 7.50. The van der Waals surface area contributed by atoms with Crippen LogP contribution in [0.25, 0.3) is 0 Å². The molecule has 3 N–H and O–H groups in total. The molecule has 0 bridgehead atoms. The number of anilines is 2. The van der Waals surface area contributed by atoms with E-state index in [0.29, 0.717) is 11.6 Å². The van der Waals surface area contributed by atoms with E-state index in [1.165, 1.54) is 12.8 Å². The lowest BCUT2D eigenvalue weighted by Gasteiger charge is -2.36. The van der Waals surface area contributed by atoms with E-state index in [1.54, 1.807) is 12.1 Å². The number of nitrogens with zero attached hydrogens (tertiary/aromatic N) is 1. The Bertz CT molecular complexity index is 444. The molecule has 1 aliphatic heterocycles. The van der Waals surface area contributed by atoms with E-state index in [0.717, 1.165) is 25.2 Å². The highest BCUT2D eigenvalue weighted by Crippen LogP contribution is 2.20. The maximum atomic E-state index is 12.5. The van der Waals surface area contributed by atoms with Crippen LogP contribution in [-0.2, 0) is 4.79 Å². The standard InChI is InChI=1S/C16H25N3O/c1-3-15(19-10-4-5-12(2)11-19)16(20)18-14-8-6-13(17)7-9-14/h6-9,12,15H,3-5,10-11,17H2,1-2H3,(H,18,20). The van der Waals surface area contributed by atoms with Crippen molar-refractivity contribution in [3.05, 3.63) is 24.3 Å². The predicted molar refractivity (Wildman–Crippen MR) is 83.5 cm³/mol. The number of nitrogens with two attached hydrogens (primary N) is 1. The average molecular weight is 275 g/mol. The zero-order chi connectivity index (χ0) is 14.5. The lowest BCUT2D eigenvalue weighted by molar-refractivity contribution is -0.122. The number of carbonyl (C=O) groups is 1. The molecule has 1 aromatic rings. The lowest BCUT2D eigenvalue weighted by Crippen LogP contribution is -2.48. The Balaban J connectivity index is 1.99. The zero-order valence-electron chi connectivity index (χ0n) is 12.4. The van der Waals surface area contributed by atoms with Crippen molar-refractivity contribution in [1.29, 1.82) is 0 Å². The van der Waals surface area contributed by atoms with Crippen LogP contribution < -0.4 is 11.1 Å². The highest BCUT2D eigenvalue weighted by atomic mass is 16.2. The number of benzene rings is 1. The summed E-state index contributed by atoms with van der Waals surface area (Å²) in [6.45, 7) is 6.38. The summed E-state index contributed by atoms with van der Waals surface area (Å²) in [5.41, 5.74) is 7.18. The number of hydrogen-bond acceptors (Lipinski definition) is 3. The van der Waals surface area contributed by atoms with Crippen LogP contribution in [-0.4, -0.2) is 29.9 Å². The van der Waals surface area contributed by atoms with Gasteiger partial charge in [0.15, 0.2) is 0 Å². The summed E-state index contributed by atoms with van der Waals surface area (Å²) in [7, 11) is 0. The third-order valence-corrected chi connectivity index (χ3v) is 4.00. The predicted octanol–water partition coefficient (Wildman–Crippen LogP) is 2.72. The highest BCUT2D eigenvalue weighted by molar-refractivity contribution is 5.94. The normalized spacial score (nSPS) is 21.4. The van der Waals surface area contributed by atoms with E-state index < -0.39 is 0 Å². The molecule has 2 rings (SSSR count). The molecule has 0 aliphatic carbocycles. The molecule has 110 valence electrons. The van der Waals surface area contributed by atoms with Crippen molar-refractivity contribution in [2.75, 3.05) is 24.1 Å². The van der Waals surface area contributed by atoms with E-state index in [1.807, 2.05) is 12.1 Å². The van der Waals surface area contributed by atoms with E-state index >= 15 is 0 Å². The van der Waals surface area contributed by atoms with Gasteiger partial charge in [0, 0.05) is 17.9 Å². The lowest BCUT2D eigenvalue weighted by atomic mass is 9.98. The van der Waals surface area contributed by atoms with E-state index in [4.69, 9.17) is 5.73 Å². The van der Waals surface area contributed by atoms with Crippen LogP contribution in [0, 0.1) is 5.92 Å². The van der Waals surface area contributed by atoms with Crippen LogP contribution in [0.4, 0.5) is 11.4 Å². The SMILES string of the molecule is CCC(C(=O)Nc1ccc(N)cc1)N1CCCC(C)C1. The van der Waals surface area contributed by atoms with Crippen molar-refractivity contribution in [2.45, 2.75) is 39.2 Å². The number of nitrogen functional groups attached to an aromatic ring is 1. The van der Waals surface area contributed by atoms with Crippen LogP contribution in [0.15, 0.2) is 24.3 Å². The maximum Gasteiger partial charge on any atom is 0.241 e. The summed E-state index contributed by atoms with van der Waals surface area (Å²) in [6.07, 6.45) is 3.30. The first-order valence-corrected chi connectivity index (χ1v) is 7.50. The summed E-state index contributed by atoms with van der Waals surface area (Å²) < 4.78 is 0. The zero-order valence-corrected chi connectivity index (χ0v) is 12.4. The molecule has 1 fully saturated rings. The molecule has 2 atom stereocenters. The number of hydrogen-bond donors (Lipinski definition) is 2. The Morgan fingerprint density at radius 3 is 2.75 bits per heavy atom. The highest BCUT2D eigenvalue weighted by Gasteiger charge is 2.27. The van der Waals surface area contributed by atoms with Gasteiger partial charge in [0.25, 0.3) is 0 Å². The number of carbonyl (C=O) groups excluding carboxylic acids is 1. The topological polar surface area (TPSA) is 58.4 Å². The molecule has 1 saturated heterocycles. The number of likely N-dealkylation sites (tertiary alicyclic amines) is 1. The first kappa shape index (κ1) is 14.9. The van der Waals surface area contributed by atoms with Crippen molar-refractivity contribution in [3.8, 4) is 0 Å². The molecule has 1 aliphatic rings. The van der Waals surface area contributed by atoms with Gasteiger partial charge in [-0.2, -0.15) is 0 Å². The molecule has 0 radical (unpaired) electrons. The van der Waals surface area contributed by atoms with Crippen LogP contribution in [0.1, 0.15) is 33.1 Å². The minimum absolute atomic E-state index is 0.0321. The second-order valence-electron chi connectivity index (χ2n) is 5.78. The molecule has 0 spiro atoms. The van der Waals surface area contributed by atoms with Crippen molar-refractivity contribution < 1.29 is 4.79 Å². The summed E-state index contributed by atoms with van der Waals surface area (Å²) >= 11 is 0. The fraction of sp³-hybridized carbons (Fsp3) is 0.562. The third kappa shape index (κ3) is 3.73. The molecular formula is C16H25N3O. The fourth-order valence-corrected chi connectivity index (χ4v) is 2.91. The molecule has 20 heavy (non-hydrogen) atoms. The average Bonchev–Trinajstić information content (AvgIpc) is 2.42. The Hall–Kier alpha value is -1.55. The molecule has 0 aromatic heterocycles. The Morgan fingerprint density at radius 1 is 1.45 bits per heavy atom. The Labute approximate surface area is 121 Å². The maximum absolute atomic E-state index is 12.5. The van der Waals surface area contributed by atoms with Crippen LogP contribution >= 0.6 is 0 Å². The van der Waals surface area contributed by atoms with Crippen LogP contribution in [0.5, 0.6) is 0 Å². The second kappa shape index (κ2) is 6.75. The first-order chi connectivity index (χ1) is 9.60. The largest absolute Gasteiger partial charge is 0.399 e. The minimum atomic E-state index is -0.0321. The van der Waals surface area contributed by atoms with Gasteiger partial charge in [-0.1, -0.05) is 13.8 Å². The minimum Gasteiger partial charge on any atom is -0.399 e. The fourth-order valence-electron chi connectivity index (χ4n) is 2.91. The number of rotatable bonds is 4. The van der Waals surface area contributed by atoms with Gasteiger partial charge in [0.2, 0.25) is 5.91 Å². The van der Waals surface area contributed by atoms with Gasteiger partial charge in [0.1, 0.15) is 0 Å². The molecule has 2 unspecified atom stereocenters. The van der Waals surface area contributed by atoms with E-state index in [2.05, 4.69) is 24.1 Å². The quantitative estimate of drug-likeness (QED) is 0.831. The number of nitrogens with one attached hydrogen (secondary N) is 1. The molecule has 0 saturated carbocycles. The molecule has 4 nitrogen and oxygen atoms in total. The summed E-state index contributed by atoms with van der Waals surface area (Å²) in [5.74, 6) is 0.772. The van der Waals surface area contributed by atoms with Gasteiger partial charge in [-0.25, -0.2) is 0 Å². The van der Waals surface area contributed by atoms with Gasteiger partial charge in [-0.3, -0.25) is 9.69 Å². The summed E-state index contributed by atoms with van der Waals surface area (Å²) in [4.78, 5) is 14.8. The van der Waals surface area contributed by atoms with Gasteiger partial charge >= 0.3 is 0 Å². The van der Waals surface area contributed by atoms with E-state index in [-0.39, 0.29) is 11.9 Å². The Morgan fingerprint density at radius 2 is 2.15 bits per heavy atom. The van der Waals surface area contributed by atoms with Gasteiger partial charge in [-0.05, 0) is 56.0 Å². The van der Waals surface area contributed by atoms with Crippen molar-refractivity contribution in [2.24, 2.45) is 5.92 Å². The number of amides is 1. The van der Waals surface area contributed by atoms with Crippen molar-refractivity contribution in [3.63, 3.8) is 0 Å². The van der Waals surface area contributed by atoms with Gasteiger partial charge in [0.05, 0.1) is 6.04 Å². The Kier molecular flexibility index (Phi) is 5.01. The van der Waals surface area contributed by atoms with Gasteiger partial charge in [-0.15, -0.1) is 0 Å². The van der Waals surface area contributed by atoms with Crippen LogP contribution in [0.3, 0.4) is 0 Å². The summed E-state index contributed by atoms with van der Waals surface area (Å²) in [6, 6.07) is 7.27. The van der Waals surface area contributed by atoms with Crippen molar-refractivity contribution in [1.82, 2.24) is 4.90 Å². The van der Waals surface area contributed by atoms with Gasteiger partial charge < -0.3 is 11.1 Å². The van der Waals surface area contributed by atoms with Crippen molar-refractivity contribution >= 4 is 17.3 Å². The molecule has 1 heterocycles. The van der Waals surface area contributed by atoms with E-state index in [9.17, 15) is 4.79 Å². The number of piperidine rings is 1. The monoisotopic (exact) mass is 275 g/mol. The third-order valence-electron chi connectivity index (χ3n) is 4.00. The molecule has 1 aromatic carbocycles. The molecule has 1 amide bonds.